The van der Waals surface area contributed by atoms with Gasteiger partial charge in [-0.1, -0.05) is 12.1 Å². The number of fused-ring (bicyclic) bond motifs is 1. The van der Waals surface area contributed by atoms with Crippen molar-refractivity contribution in [3.8, 4) is 5.75 Å². The van der Waals surface area contributed by atoms with Crippen molar-refractivity contribution in [2.45, 2.75) is 58.1 Å². The second kappa shape index (κ2) is 7.16. The molecule has 1 aromatic heterocycles. The first-order chi connectivity index (χ1) is 13.6. The van der Waals surface area contributed by atoms with Crippen LogP contribution in [0.4, 0.5) is 5.82 Å². The standard InChI is InChI=1S/C21H27N3O4S/c1-14-10-19(24(23-14)17-7-9-29(26,27)13-17)22-20(25)12-15-4-5-18-16(11-15)6-8-21(2,3)28-18/h4-5,10-11,17H,6-9,12-13H2,1-3H3,(H,22,25). The molecule has 0 spiro atoms. The number of amides is 1. The molecule has 3 heterocycles. The Kier molecular flexibility index (Phi) is 4.93. The molecule has 29 heavy (non-hydrogen) atoms. The van der Waals surface area contributed by atoms with Gasteiger partial charge in [-0.25, -0.2) is 13.1 Å². The van der Waals surface area contributed by atoms with Gasteiger partial charge in [0.2, 0.25) is 5.91 Å². The Hall–Kier alpha value is -2.35. The minimum atomic E-state index is -3.03. The second-order valence-electron chi connectivity index (χ2n) is 8.70. The summed E-state index contributed by atoms with van der Waals surface area (Å²) in [5.41, 5.74) is 2.65. The first-order valence-electron chi connectivity index (χ1n) is 9.97. The third kappa shape index (κ3) is 4.47. The van der Waals surface area contributed by atoms with Gasteiger partial charge in [0.05, 0.1) is 29.7 Å². The molecule has 2 aliphatic rings. The van der Waals surface area contributed by atoms with E-state index >= 15 is 0 Å². The summed E-state index contributed by atoms with van der Waals surface area (Å²) in [6.07, 6.45) is 2.63. The fourth-order valence-electron chi connectivity index (χ4n) is 4.05. The molecule has 1 saturated heterocycles. The first kappa shape index (κ1) is 19.9. The van der Waals surface area contributed by atoms with E-state index in [4.69, 9.17) is 4.74 Å². The molecule has 1 unspecified atom stereocenters. The van der Waals surface area contributed by atoms with Crippen LogP contribution in [-0.4, -0.2) is 41.2 Å². The SMILES string of the molecule is Cc1cc(NC(=O)Cc2ccc3c(c2)CCC(C)(C)O3)n(C2CCS(=O)(=O)C2)n1. The van der Waals surface area contributed by atoms with Gasteiger partial charge in [0, 0.05) is 6.07 Å². The summed E-state index contributed by atoms with van der Waals surface area (Å²) in [7, 11) is -3.03. The fraction of sp³-hybridized carbons (Fsp3) is 0.524. The highest BCUT2D eigenvalue weighted by Crippen LogP contribution is 2.33. The van der Waals surface area contributed by atoms with Crippen molar-refractivity contribution in [2.24, 2.45) is 0 Å². The van der Waals surface area contributed by atoms with Crippen LogP contribution < -0.4 is 10.1 Å². The van der Waals surface area contributed by atoms with E-state index in [2.05, 4.69) is 24.3 Å². The van der Waals surface area contributed by atoms with Crippen LogP contribution in [0.2, 0.25) is 0 Å². The lowest BCUT2D eigenvalue weighted by Crippen LogP contribution is -2.32. The lowest BCUT2D eigenvalue weighted by Gasteiger charge is -2.32. The zero-order chi connectivity index (χ0) is 20.8. The van der Waals surface area contributed by atoms with Crippen LogP contribution >= 0.6 is 0 Å². The van der Waals surface area contributed by atoms with Crippen molar-refractivity contribution >= 4 is 21.6 Å². The van der Waals surface area contributed by atoms with Crippen molar-refractivity contribution in [3.05, 3.63) is 41.1 Å². The lowest BCUT2D eigenvalue weighted by atomic mass is 9.93. The zero-order valence-electron chi connectivity index (χ0n) is 17.1. The largest absolute Gasteiger partial charge is 0.488 e. The molecule has 156 valence electrons. The molecule has 4 rings (SSSR count). The molecule has 1 fully saturated rings. The molecule has 0 aliphatic carbocycles. The van der Waals surface area contributed by atoms with E-state index in [0.29, 0.717) is 12.2 Å². The minimum Gasteiger partial charge on any atom is -0.488 e. The normalized spacial score (nSPS) is 22.0. The van der Waals surface area contributed by atoms with E-state index in [1.165, 1.54) is 0 Å². The summed E-state index contributed by atoms with van der Waals surface area (Å²) in [6, 6.07) is 7.46. The Morgan fingerprint density at radius 3 is 2.86 bits per heavy atom. The Balaban J connectivity index is 1.46. The van der Waals surface area contributed by atoms with E-state index in [1.807, 2.05) is 25.1 Å². The third-order valence-electron chi connectivity index (χ3n) is 5.55. The second-order valence-corrected chi connectivity index (χ2v) is 10.9. The molecule has 1 amide bonds. The summed E-state index contributed by atoms with van der Waals surface area (Å²) in [5, 5.41) is 7.32. The van der Waals surface area contributed by atoms with Gasteiger partial charge in [-0.15, -0.1) is 0 Å². The van der Waals surface area contributed by atoms with E-state index in [0.717, 1.165) is 35.4 Å². The number of aromatic nitrogens is 2. The Morgan fingerprint density at radius 2 is 2.14 bits per heavy atom. The van der Waals surface area contributed by atoms with Crippen molar-refractivity contribution in [1.82, 2.24) is 9.78 Å². The van der Waals surface area contributed by atoms with Gasteiger partial charge < -0.3 is 10.1 Å². The van der Waals surface area contributed by atoms with E-state index < -0.39 is 9.84 Å². The van der Waals surface area contributed by atoms with Crippen molar-refractivity contribution < 1.29 is 17.9 Å². The fourth-order valence-corrected chi connectivity index (χ4v) is 5.74. The molecule has 0 saturated carbocycles. The van der Waals surface area contributed by atoms with Crippen LogP contribution in [0.3, 0.4) is 0 Å². The molecule has 0 bridgehead atoms. The lowest BCUT2D eigenvalue weighted by molar-refractivity contribution is -0.115. The molecular weight excluding hydrogens is 390 g/mol. The highest BCUT2D eigenvalue weighted by atomic mass is 32.2. The number of carbonyl (C=O) groups is 1. The summed E-state index contributed by atoms with van der Waals surface area (Å²) in [5.74, 6) is 1.53. The van der Waals surface area contributed by atoms with Crippen LogP contribution in [0.1, 0.15) is 49.6 Å². The molecular formula is C21H27N3O4S. The molecule has 1 N–H and O–H groups in total. The van der Waals surface area contributed by atoms with E-state index in [-0.39, 0.29) is 35.5 Å². The van der Waals surface area contributed by atoms with Gasteiger partial charge in [0.15, 0.2) is 9.84 Å². The number of aryl methyl sites for hydroxylation is 2. The maximum atomic E-state index is 12.7. The van der Waals surface area contributed by atoms with Crippen LogP contribution in [0.15, 0.2) is 24.3 Å². The highest BCUT2D eigenvalue weighted by Gasteiger charge is 2.31. The van der Waals surface area contributed by atoms with E-state index in [1.54, 1.807) is 10.7 Å². The van der Waals surface area contributed by atoms with Gasteiger partial charge in [-0.05, 0) is 57.2 Å². The number of carbonyl (C=O) groups excluding carboxylic acids is 1. The zero-order valence-corrected chi connectivity index (χ0v) is 17.9. The first-order valence-corrected chi connectivity index (χ1v) is 11.8. The average molecular weight is 418 g/mol. The minimum absolute atomic E-state index is 0.0676. The van der Waals surface area contributed by atoms with Crippen LogP contribution in [0.5, 0.6) is 5.75 Å². The van der Waals surface area contributed by atoms with Crippen LogP contribution in [0, 0.1) is 6.92 Å². The number of benzene rings is 1. The van der Waals surface area contributed by atoms with Gasteiger partial charge in [-0.3, -0.25) is 4.79 Å². The number of hydrogen-bond acceptors (Lipinski definition) is 5. The van der Waals surface area contributed by atoms with Crippen molar-refractivity contribution in [1.29, 1.82) is 0 Å². The summed E-state index contributed by atoms with van der Waals surface area (Å²) in [4.78, 5) is 12.7. The van der Waals surface area contributed by atoms with Crippen LogP contribution in [-0.2, 0) is 27.5 Å². The van der Waals surface area contributed by atoms with Gasteiger partial charge >= 0.3 is 0 Å². The number of nitrogens with zero attached hydrogens (tertiary/aromatic N) is 2. The van der Waals surface area contributed by atoms with Gasteiger partial charge in [0.25, 0.3) is 0 Å². The number of rotatable bonds is 4. The highest BCUT2D eigenvalue weighted by molar-refractivity contribution is 7.91. The number of hydrogen-bond donors (Lipinski definition) is 1. The molecule has 1 aromatic carbocycles. The topological polar surface area (TPSA) is 90.3 Å². The summed E-state index contributed by atoms with van der Waals surface area (Å²) >= 11 is 0. The molecule has 0 radical (unpaired) electrons. The number of nitrogens with one attached hydrogen (secondary N) is 1. The Bertz CT molecular complexity index is 1060. The predicted molar refractivity (Wildman–Crippen MR) is 111 cm³/mol. The van der Waals surface area contributed by atoms with Crippen LogP contribution in [0.25, 0.3) is 0 Å². The number of anilines is 1. The quantitative estimate of drug-likeness (QED) is 0.826. The Labute approximate surface area is 171 Å². The monoisotopic (exact) mass is 417 g/mol. The summed E-state index contributed by atoms with van der Waals surface area (Å²) in [6.45, 7) is 6.00. The molecule has 1 atom stereocenters. The molecule has 7 nitrogen and oxygen atoms in total. The van der Waals surface area contributed by atoms with Gasteiger partial charge in [0.1, 0.15) is 17.2 Å². The maximum Gasteiger partial charge on any atom is 0.229 e. The predicted octanol–water partition coefficient (Wildman–Crippen LogP) is 2.84. The average Bonchev–Trinajstić information content (AvgIpc) is 3.16. The van der Waals surface area contributed by atoms with Gasteiger partial charge in [-0.2, -0.15) is 5.10 Å². The molecule has 8 heteroatoms. The molecule has 2 aliphatic heterocycles. The maximum absolute atomic E-state index is 12.7. The third-order valence-corrected chi connectivity index (χ3v) is 7.30. The van der Waals surface area contributed by atoms with Crippen molar-refractivity contribution in [3.63, 3.8) is 0 Å². The Morgan fingerprint density at radius 1 is 1.34 bits per heavy atom. The number of ether oxygens (including phenoxy) is 1. The molecule has 2 aromatic rings. The smallest absolute Gasteiger partial charge is 0.229 e. The van der Waals surface area contributed by atoms with E-state index in [9.17, 15) is 13.2 Å². The van der Waals surface area contributed by atoms with Crippen molar-refractivity contribution in [2.75, 3.05) is 16.8 Å². The summed E-state index contributed by atoms with van der Waals surface area (Å²) < 4.78 is 31.3. The number of sulfone groups is 1.